The fraction of sp³-hybridized carbons (Fsp3) is 0.188. The smallest absolute Gasteiger partial charge is 0.244 e. The van der Waals surface area contributed by atoms with Crippen LogP contribution in [0.4, 0.5) is 5.69 Å². The summed E-state index contributed by atoms with van der Waals surface area (Å²) in [6, 6.07) is 13.8. The molecule has 2 rings (SSSR count). The molecule has 110 valence electrons. The van der Waals surface area contributed by atoms with Gasteiger partial charge in [0.25, 0.3) is 0 Å². The maximum atomic E-state index is 11.8. The Kier molecular flexibility index (Phi) is 5.06. The summed E-state index contributed by atoms with van der Waals surface area (Å²) in [7, 11) is 0. The molecule has 2 aromatic rings. The van der Waals surface area contributed by atoms with E-state index in [0.717, 1.165) is 5.56 Å². The topological polar surface area (TPSA) is 64.3 Å². The number of primary amides is 1. The van der Waals surface area contributed by atoms with E-state index in [-0.39, 0.29) is 0 Å². The summed E-state index contributed by atoms with van der Waals surface area (Å²) in [6.07, 6.45) is 0. The molecule has 2 aromatic carbocycles. The molecule has 0 bridgehead atoms. The molecule has 0 aliphatic carbocycles. The van der Waals surface area contributed by atoms with E-state index in [9.17, 15) is 4.79 Å². The molecule has 1 atom stereocenters. The Morgan fingerprint density at radius 3 is 2.71 bits per heavy atom. The average Bonchev–Trinajstić information content (AvgIpc) is 2.46. The van der Waals surface area contributed by atoms with Crippen molar-refractivity contribution in [1.29, 1.82) is 0 Å². The zero-order valence-corrected chi connectivity index (χ0v) is 12.4. The van der Waals surface area contributed by atoms with E-state index < -0.39 is 11.9 Å². The van der Waals surface area contributed by atoms with Gasteiger partial charge in [0.05, 0.1) is 17.3 Å². The number of para-hydroxylation sites is 1. The van der Waals surface area contributed by atoms with Gasteiger partial charge in [0, 0.05) is 0 Å². The van der Waals surface area contributed by atoms with Crippen LogP contribution < -0.4 is 15.8 Å². The van der Waals surface area contributed by atoms with Gasteiger partial charge in [-0.05, 0) is 36.8 Å². The van der Waals surface area contributed by atoms with E-state index in [4.69, 9.17) is 22.1 Å². The number of carbonyl (C=O) groups excluding carboxylic acids is 1. The number of hydrogen-bond acceptors (Lipinski definition) is 3. The number of nitrogens with two attached hydrogens (primary N) is 1. The molecule has 0 radical (unpaired) electrons. The monoisotopic (exact) mass is 304 g/mol. The van der Waals surface area contributed by atoms with E-state index >= 15 is 0 Å². The van der Waals surface area contributed by atoms with Gasteiger partial charge in [-0.2, -0.15) is 0 Å². The van der Waals surface area contributed by atoms with Gasteiger partial charge in [-0.25, -0.2) is 0 Å². The molecule has 0 aromatic heterocycles. The minimum atomic E-state index is -0.676. The Labute approximate surface area is 128 Å². The molecule has 0 aliphatic heterocycles. The fourth-order valence-electron chi connectivity index (χ4n) is 2.00. The van der Waals surface area contributed by atoms with Crippen LogP contribution in [0.15, 0.2) is 48.5 Å². The molecule has 0 fully saturated rings. The van der Waals surface area contributed by atoms with Crippen molar-refractivity contribution >= 4 is 23.2 Å². The van der Waals surface area contributed by atoms with Crippen molar-refractivity contribution in [3.8, 4) is 5.75 Å². The molecule has 0 saturated heterocycles. The SMILES string of the molecule is CCOc1cccc(C(Nc2ccccc2Cl)C(N)=O)c1. The van der Waals surface area contributed by atoms with Crippen molar-refractivity contribution in [1.82, 2.24) is 0 Å². The van der Waals surface area contributed by atoms with E-state index in [1.165, 1.54) is 0 Å². The molecule has 0 heterocycles. The first-order valence-electron chi connectivity index (χ1n) is 6.65. The van der Waals surface area contributed by atoms with Gasteiger partial charge in [0.1, 0.15) is 11.8 Å². The Morgan fingerprint density at radius 2 is 2.05 bits per heavy atom. The largest absolute Gasteiger partial charge is 0.494 e. The molecule has 0 aliphatic rings. The highest BCUT2D eigenvalue weighted by atomic mass is 35.5. The zero-order chi connectivity index (χ0) is 15.2. The second-order valence-electron chi connectivity index (χ2n) is 4.47. The third-order valence-electron chi connectivity index (χ3n) is 2.96. The third-order valence-corrected chi connectivity index (χ3v) is 3.29. The Balaban J connectivity index is 2.29. The summed E-state index contributed by atoms with van der Waals surface area (Å²) in [6.45, 7) is 2.46. The lowest BCUT2D eigenvalue weighted by Crippen LogP contribution is -2.27. The fourth-order valence-corrected chi connectivity index (χ4v) is 2.19. The predicted octanol–water partition coefficient (Wildman–Crippen LogP) is 3.38. The number of hydrogen-bond donors (Lipinski definition) is 2. The summed E-state index contributed by atoms with van der Waals surface area (Å²) in [5.74, 6) is 0.214. The number of halogens is 1. The number of ether oxygens (including phenoxy) is 1. The van der Waals surface area contributed by atoms with Gasteiger partial charge in [0.2, 0.25) is 5.91 Å². The van der Waals surface area contributed by atoms with Crippen molar-refractivity contribution in [2.24, 2.45) is 5.73 Å². The minimum absolute atomic E-state index is 0.483. The summed E-state index contributed by atoms with van der Waals surface area (Å²) >= 11 is 6.10. The minimum Gasteiger partial charge on any atom is -0.494 e. The molecule has 0 spiro atoms. The van der Waals surface area contributed by atoms with Crippen molar-refractivity contribution < 1.29 is 9.53 Å². The van der Waals surface area contributed by atoms with Crippen LogP contribution in [0.1, 0.15) is 18.5 Å². The summed E-state index contributed by atoms with van der Waals surface area (Å²) in [5, 5.41) is 3.60. The number of rotatable bonds is 6. The lowest BCUT2D eigenvalue weighted by Gasteiger charge is -2.18. The molecular weight excluding hydrogens is 288 g/mol. The number of benzene rings is 2. The van der Waals surface area contributed by atoms with Crippen molar-refractivity contribution in [2.75, 3.05) is 11.9 Å². The van der Waals surface area contributed by atoms with Gasteiger partial charge >= 0.3 is 0 Å². The molecular formula is C16H17ClN2O2. The van der Waals surface area contributed by atoms with Crippen molar-refractivity contribution in [3.63, 3.8) is 0 Å². The van der Waals surface area contributed by atoms with Crippen LogP contribution in [0.5, 0.6) is 5.75 Å². The maximum Gasteiger partial charge on any atom is 0.244 e. The second-order valence-corrected chi connectivity index (χ2v) is 4.87. The zero-order valence-electron chi connectivity index (χ0n) is 11.7. The van der Waals surface area contributed by atoms with E-state index in [0.29, 0.717) is 23.1 Å². The molecule has 4 nitrogen and oxygen atoms in total. The highest BCUT2D eigenvalue weighted by molar-refractivity contribution is 6.33. The maximum absolute atomic E-state index is 11.8. The molecule has 5 heteroatoms. The highest BCUT2D eigenvalue weighted by Crippen LogP contribution is 2.27. The van der Waals surface area contributed by atoms with E-state index in [2.05, 4.69) is 5.32 Å². The summed E-state index contributed by atoms with van der Waals surface area (Å²) in [4.78, 5) is 11.8. The second kappa shape index (κ2) is 6.99. The van der Waals surface area contributed by atoms with Crippen LogP contribution in [0.2, 0.25) is 5.02 Å². The highest BCUT2D eigenvalue weighted by Gasteiger charge is 2.19. The van der Waals surface area contributed by atoms with Crippen LogP contribution in [-0.2, 0) is 4.79 Å². The Hall–Kier alpha value is -2.20. The van der Waals surface area contributed by atoms with Crippen LogP contribution >= 0.6 is 11.6 Å². The first-order valence-corrected chi connectivity index (χ1v) is 7.02. The van der Waals surface area contributed by atoms with Gasteiger partial charge < -0.3 is 15.8 Å². The summed E-state index contributed by atoms with van der Waals surface area (Å²) < 4.78 is 5.44. The first kappa shape index (κ1) is 15.2. The summed E-state index contributed by atoms with van der Waals surface area (Å²) in [5.41, 5.74) is 6.89. The van der Waals surface area contributed by atoms with Gasteiger partial charge in [-0.1, -0.05) is 35.9 Å². The number of nitrogens with one attached hydrogen (secondary N) is 1. The van der Waals surface area contributed by atoms with Gasteiger partial charge in [-0.3, -0.25) is 4.79 Å². The average molecular weight is 305 g/mol. The number of amides is 1. The standard InChI is InChI=1S/C16H17ClN2O2/c1-2-21-12-7-5-6-11(10-12)15(16(18)20)19-14-9-4-3-8-13(14)17/h3-10,15,19H,2H2,1H3,(H2,18,20). The first-order chi connectivity index (χ1) is 10.1. The molecule has 0 saturated carbocycles. The number of anilines is 1. The van der Waals surface area contributed by atoms with Crippen LogP contribution in [-0.4, -0.2) is 12.5 Å². The quantitative estimate of drug-likeness (QED) is 0.860. The van der Waals surface area contributed by atoms with Crippen LogP contribution in [0.25, 0.3) is 0 Å². The van der Waals surface area contributed by atoms with Gasteiger partial charge in [-0.15, -0.1) is 0 Å². The molecule has 1 amide bonds. The van der Waals surface area contributed by atoms with Gasteiger partial charge in [0.15, 0.2) is 0 Å². The lowest BCUT2D eigenvalue weighted by molar-refractivity contribution is -0.118. The number of carbonyl (C=O) groups is 1. The lowest BCUT2D eigenvalue weighted by atomic mass is 10.1. The van der Waals surface area contributed by atoms with E-state index in [1.807, 2.05) is 37.3 Å². The third kappa shape index (κ3) is 3.89. The van der Waals surface area contributed by atoms with Crippen LogP contribution in [0, 0.1) is 0 Å². The van der Waals surface area contributed by atoms with Crippen LogP contribution in [0.3, 0.4) is 0 Å². The molecule has 1 unspecified atom stereocenters. The Morgan fingerprint density at radius 1 is 1.29 bits per heavy atom. The normalized spacial score (nSPS) is 11.7. The van der Waals surface area contributed by atoms with E-state index in [1.54, 1.807) is 18.2 Å². The molecule has 21 heavy (non-hydrogen) atoms. The Bertz CT molecular complexity index is 631. The predicted molar refractivity (Wildman–Crippen MR) is 84.6 cm³/mol. The van der Waals surface area contributed by atoms with Crippen molar-refractivity contribution in [3.05, 3.63) is 59.1 Å². The molecule has 3 N–H and O–H groups in total. The van der Waals surface area contributed by atoms with Crippen molar-refractivity contribution in [2.45, 2.75) is 13.0 Å².